The van der Waals surface area contributed by atoms with E-state index in [0.29, 0.717) is 18.1 Å². The number of guanidine groups is 1. The molecule has 4 nitrogen and oxygen atoms in total. The van der Waals surface area contributed by atoms with E-state index in [1.165, 1.54) is 11.1 Å². The summed E-state index contributed by atoms with van der Waals surface area (Å²) in [5, 5.41) is 3.32. The van der Waals surface area contributed by atoms with Crippen molar-refractivity contribution in [2.45, 2.75) is 26.1 Å². The fourth-order valence-corrected chi connectivity index (χ4v) is 3.68. The molecule has 0 radical (unpaired) electrons. The zero-order valence-corrected chi connectivity index (χ0v) is 16.8. The first-order valence-electron chi connectivity index (χ1n) is 9.03. The summed E-state index contributed by atoms with van der Waals surface area (Å²) in [6.45, 7) is 6.35. The lowest BCUT2D eigenvalue weighted by Crippen LogP contribution is -2.38. The summed E-state index contributed by atoms with van der Waals surface area (Å²) in [7, 11) is 1.14. The van der Waals surface area contributed by atoms with E-state index in [2.05, 4.69) is 53.3 Å². The maximum Gasteiger partial charge on any atom is 0.193 e. The van der Waals surface area contributed by atoms with E-state index in [-0.39, 0.29) is 0 Å². The lowest BCUT2D eigenvalue weighted by molar-refractivity contribution is 0.476. The molecule has 2 aromatic rings. The summed E-state index contributed by atoms with van der Waals surface area (Å²) >= 11 is 0. The van der Waals surface area contributed by atoms with Crippen LogP contribution in [0, 0.1) is 6.92 Å². The molecule has 5 heteroatoms. The SMILES string of the molecule is CCNC(=NCCS(=O)Cc1ccccc1)N(C)Cc1ccccc1C. The molecule has 0 aliphatic carbocycles. The highest BCUT2D eigenvalue weighted by Gasteiger charge is 2.08. The number of hydrogen-bond acceptors (Lipinski definition) is 2. The minimum absolute atomic E-state index is 0.555. The van der Waals surface area contributed by atoms with Crippen LogP contribution < -0.4 is 5.32 Å². The van der Waals surface area contributed by atoms with E-state index in [0.717, 1.165) is 24.6 Å². The maximum absolute atomic E-state index is 12.3. The molecule has 1 N–H and O–H groups in total. The van der Waals surface area contributed by atoms with Gasteiger partial charge in [-0.15, -0.1) is 0 Å². The monoisotopic (exact) mass is 371 g/mol. The molecule has 0 fully saturated rings. The van der Waals surface area contributed by atoms with Crippen molar-refractivity contribution in [2.75, 3.05) is 25.9 Å². The van der Waals surface area contributed by atoms with Crippen LogP contribution in [0.25, 0.3) is 0 Å². The van der Waals surface area contributed by atoms with Crippen LogP contribution in [0.1, 0.15) is 23.6 Å². The topological polar surface area (TPSA) is 44.7 Å². The Kier molecular flexibility index (Phi) is 8.35. The molecule has 1 atom stereocenters. The van der Waals surface area contributed by atoms with Crippen molar-refractivity contribution in [1.29, 1.82) is 0 Å². The van der Waals surface area contributed by atoms with Crippen LogP contribution in [-0.2, 0) is 23.1 Å². The van der Waals surface area contributed by atoms with Crippen LogP contribution in [-0.4, -0.2) is 41.0 Å². The van der Waals surface area contributed by atoms with E-state index in [4.69, 9.17) is 0 Å². The van der Waals surface area contributed by atoms with Crippen molar-refractivity contribution >= 4 is 16.8 Å². The number of rotatable bonds is 8. The third-order valence-electron chi connectivity index (χ3n) is 4.12. The van der Waals surface area contributed by atoms with Gasteiger partial charge in [0, 0.05) is 42.4 Å². The molecule has 0 amide bonds. The standard InChI is InChI=1S/C21H29N3OS/c1-4-22-21(24(3)16-20-13-9-8-10-18(20)2)23-14-15-26(25)17-19-11-6-5-7-12-19/h5-13H,4,14-17H2,1-3H3,(H,22,23). The Labute approximate surface area is 159 Å². The average Bonchev–Trinajstić information content (AvgIpc) is 2.63. The number of hydrogen-bond donors (Lipinski definition) is 1. The third kappa shape index (κ3) is 6.64. The van der Waals surface area contributed by atoms with Crippen LogP contribution in [0.3, 0.4) is 0 Å². The Morgan fingerprint density at radius 1 is 1.12 bits per heavy atom. The van der Waals surface area contributed by atoms with E-state index in [1.807, 2.05) is 37.4 Å². The first-order valence-corrected chi connectivity index (χ1v) is 10.5. The summed E-state index contributed by atoms with van der Waals surface area (Å²) in [6, 6.07) is 18.4. The molecule has 0 aliphatic heterocycles. The Balaban J connectivity index is 1.91. The van der Waals surface area contributed by atoms with Gasteiger partial charge in [-0.1, -0.05) is 54.6 Å². The largest absolute Gasteiger partial charge is 0.357 e. The second-order valence-corrected chi connectivity index (χ2v) is 7.87. The van der Waals surface area contributed by atoms with Crippen LogP contribution in [0.15, 0.2) is 59.6 Å². The predicted molar refractivity (Wildman–Crippen MR) is 112 cm³/mol. The first-order chi connectivity index (χ1) is 12.6. The molecule has 0 aliphatic rings. The maximum atomic E-state index is 12.3. The average molecular weight is 372 g/mol. The number of aryl methyl sites for hydroxylation is 1. The number of nitrogens with zero attached hydrogens (tertiary/aromatic N) is 2. The molecule has 1 unspecified atom stereocenters. The molecular weight excluding hydrogens is 342 g/mol. The van der Waals surface area contributed by atoms with Crippen molar-refractivity contribution in [3.63, 3.8) is 0 Å². The first kappa shape index (κ1) is 20.2. The minimum Gasteiger partial charge on any atom is -0.357 e. The summed E-state index contributed by atoms with van der Waals surface area (Å²) in [6.07, 6.45) is 0. The third-order valence-corrected chi connectivity index (χ3v) is 5.41. The van der Waals surface area contributed by atoms with Gasteiger partial charge in [0.25, 0.3) is 0 Å². The molecule has 0 heterocycles. The van der Waals surface area contributed by atoms with Crippen molar-refractivity contribution in [1.82, 2.24) is 10.2 Å². The minimum atomic E-state index is -0.900. The second kappa shape index (κ2) is 10.8. The zero-order chi connectivity index (χ0) is 18.8. The van der Waals surface area contributed by atoms with Crippen molar-refractivity contribution in [3.05, 3.63) is 71.3 Å². The smallest absolute Gasteiger partial charge is 0.193 e. The molecule has 0 spiro atoms. The van der Waals surface area contributed by atoms with Gasteiger partial charge in [-0.05, 0) is 30.5 Å². The van der Waals surface area contributed by atoms with E-state index < -0.39 is 10.8 Å². The highest BCUT2D eigenvalue weighted by Crippen LogP contribution is 2.09. The van der Waals surface area contributed by atoms with Crippen LogP contribution in [0.2, 0.25) is 0 Å². The lowest BCUT2D eigenvalue weighted by atomic mass is 10.1. The normalized spacial score (nSPS) is 12.7. The van der Waals surface area contributed by atoms with E-state index in [1.54, 1.807) is 0 Å². The number of benzene rings is 2. The Hall–Kier alpha value is -2.14. The lowest BCUT2D eigenvalue weighted by Gasteiger charge is -2.23. The summed E-state index contributed by atoms with van der Waals surface area (Å²) < 4.78 is 12.3. The highest BCUT2D eigenvalue weighted by molar-refractivity contribution is 7.84. The van der Waals surface area contributed by atoms with Gasteiger partial charge < -0.3 is 10.2 Å². The van der Waals surface area contributed by atoms with Gasteiger partial charge in [0.2, 0.25) is 0 Å². The van der Waals surface area contributed by atoms with Crippen LogP contribution in [0.4, 0.5) is 0 Å². The fraction of sp³-hybridized carbons (Fsp3) is 0.381. The molecule has 0 saturated heterocycles. The van der Waals surface area contributed by atoms with Gasteiger partial charge in [-0.3, -0.25) is 9.20 Å². The Morgan fingerprint density at radius 2 is 1.81 bits per heavy atom. The Bertz CT molecular complexity index is 731. The quantitative estimate of drug-likeness (QED) is 0.572. The van der Waals surface area contributed by atoms with Crippen molar-refractivity contribution < 1.29 is 4.21 Å². The molecule has 2 rings (SSSR count). The van der Waals surface area contributed by atoms with Gasteiger partial charge in [0.15, 0.2) is 5.96 Å². The molecule has 140 valence electrons. The molecule has 2 aromatic carbocycles. The molecule has 26 heavy (non-hydrogen) atoms. The van der Waals surface area contributed by atoms with Gasteiger partial charge in [-0.2, -0.15) is 0 Å². The highest BCUT2D eigenvalue weighted by atomic mass is 32.2. The van der Waals surface area contributed by atoms with Gasteiger partial charge in [0.1, 0.15) is 0 Å². The van der Waals surface area contributed by atoms with Gasteiger partial charge in [-0.25, -0.2) is 0 Å². The zero-order valence-electron chi connectivity index (χ0n) is 15.9. The molecule has 0 saturated carbocycles. The van der Waals surface area contributed by atoms with E-state index in [9.17, 15) is 4.21 Å². The fourth-order valence-electron chi connectivity index (χ4n) is 2.67. The summed E-state index contributed by atoms with van der Waals surface area (Å²) in [5.74, 6) is 2.01. The Morgan fingerprint density at radius 3 is 2.50 bits per heavy atom. The predicted octanol–water partition coefficient (Wildman–Crippen LogP) is 3.34. The number of aliphatic imine (C=N–C) groups is 1. The molecular formula is C21H29N3OS. The van der Waals surface area contributed by atoms with Crippen molar-refractivity contribution in [2.24, 2.45) is 4.99 Å². The van der Waals surface area contributed by atoms with E-state index >= 15 is 0 Å². The number of nitrogens with one attached hydrogen (secondary N) is 1. The summed E-state index contributed by atoms with van der Waals surface area (Å²) in [4.78, 5) is 6.78. The summed E-state index contributed by atoms with van der Waals surface area (Å²) in [5.41, 5.74) is 3.67. The molecule has 0 bridgehead atoms. The van der Waals surface area contributed by atoms with Gasteiger partial charge >= 0.3 is 0 Å². The molecule has 0 aromatic heterocycles. The second-order valence-electron chi connectivity index (χ2n) is 6.29. The van der Waals surface area contributed by atoms with Gasteiger partial charge in [0.05, 0.1) is 6.54 Å². The van der Waals surface area contributed by atoms with Crippen LogP contribution >= 0.6 is 0 Å². The van der Waals surface area contributed by atoms with Crippen LogP contribution in [0.5, 0.6) is 0 Å². The van der Waals surface area contributed by atoms with Crippen molar-refractivity contribution in [3.8, 4) is 0 Å².